The Morgan fingerprint density at radius 1 is 1.40 bits per heavy atom. The van der Waals surface area contributed by atoms with E-state index in [9.17, 15) is 4.79 Å². The van der Waals surface area contributed by atoms with Gasteiger partial charge in [-0.05, 0) is 32.9 Å². The first kappa shape index (κ1) is 17.6. The zero-order valence-corrected chi connectivity index (χ0v) is 13.9. The van der Waals surface area contributed by atoms with Gasteiger partial charge in [0.25, 0.3) is 0 Å². The maximum Gasteiger partial charge on any atom is 0.410 e. The summed E-state index contributed by atoms with van der Waals surface area (Å²) in [4.78, 5) is 13.8. The van der Waals surface area contributed by atoms with Gasteiger partial charge in [0, 0.05) is 38.5 Å². The molecule has 0 spiro atoms. The van der Waals surface area contributed by atoms with Gasteiger partial charge in [0.05, 0.1) is 6.61 Å². The van der Waals surface area contributed by atoms with Crippen molar-refractivity contribution in [3.63, 3.8) is 0 Å². The molecule has 1 aliphatic heterocycles. The minimum atomic E-state index is -0.460. The van der Waals surface area contributed by atoms with Gasteiger partial charge in [0.2, 0.25) is 0 Å². The molecule has 0 aliphatic carbocycles. The monoisotopic (exact) mass is 304 g/mol. The quantitative estimate of drug-likeness (QED) is 0.779. The molecule has 1 unspecified atom stereocenters. The van der Waals surface area contributed by atoms with Crippen molar-refractivity contribution in [2.24, 2.45) is 0 Å². The van der Waals surface area contributed by atoms with E-state index in [2.05, 4.69) is 5.32 Å². The van der Waals surface area contributed by atoms with Gasteiger partial charge < -0.3 is 19.7 Å². The predicted molar refractivity (Wildman–Crippen MR) is 83.4 cm³/mol. The highest BCUT2D eigenvalue weighted by Gasteiger charge is 2.22. The van der Waals surface area contributed by atoms with Gasteiger partial charge in [-0.25, -0.2) is 4.79 Å². The van der Waals surface area contributed by atoms with E-state index < -0.39 is 5.60 Å². The summed E-state index contributed by atoms with van der Waals surface area (Å²) in [6.45, 7) is 8.19. The average Bonchev–Trinajstić information content (AvgIpc) is 2.84. The van der Waals surface area contributed by atoms with E-state index in [-0.39, 0.29) is 6.09 Å². The summed E-state index contributed by atoms with van der Waals surface area (Å²) in [6, 6.07) is 0.586. The molecule has 1 aliphatic rings. The van der Waals surface area contributed by atoms with E-state index in [1.165, 1.54) is 17.9 Å². The third-order valence-corrected chi connectivity index (χ3v) is 4.12. The largest absolute Gasteiger partial charge is 0.444 e. The smallest absolute Gasteiger partial charge is 0.410 e. The molecule has 1 fully saturated rings. The Morgan fingerprint density at radius 2 is 2.15 bits per heavy atom. The van der Waals surface area contributed by atoms with Crippen LogP contribution in [0.15, 0.2) is 0 Å². The van der Waals surface area contributed by atoms with Gasteiger partial charge in [-0.2, -0.15) is 11.8 Å². The molecule has 0 saturated carbocycles. The van der Waals surface area contributed by atoms with Crippen molar-refractivity contribution in [1.29, 1.82) is 0 Å². The van der Waals surface area contributed by atoms with Crippen LogP contribution >= 0.6 is 11.8 Å². The molecular formula is C14H28N2O3S. The van der Waals surface area contributed by atoms with Crippen molar-refractivity contribution in [2.75, 3.05) is 44.9 Å². The van der Waals surface area contributed by atoms with Crippen LogP contribution in [0.25, 0.3) is 0 Å². The molecule has 1 saturated heterocycles. The Balaban J connectivity index is 2.35. The van der Waals surface area contributed by atoms with Crippen molar-refractivity contribution in [3.8, 4) is 0 Å². The van der Waals surface area contributed by atoms with Crippen LogP contribution in [0.4, 0.5) is 4.79 Å². The fourth-order valence-electron chi connectivity index (χ4n) is 1.92. The molecule has 0 radical (unpaired) electrons. The lowest BCUT2D eigenvalue weighted by Crippen LogP contribution is -2.43. The fraction of sp³-hybridized carbons (Fsp3) is 0.929. The van der Waals surface area contributed by atoms with Gasteiger partial charge in [-0.1, -0.05) is 0 Å². The van der Waals surface area contributed by atoms with Crippen LogP contribution in [-0.2, 0) is 9.47 Å². The zero-order valence-electron chi connectivity index (χ0n) is 13.1. The third kappa shape index (κ3) is 7.36. The topological polar surface area (TPSA) is 50.8 Å². The zero-order chi connectivity index (χ0) is 15.0. The SMILES string of the molecule is COCCN(CCNC1CCSC1)C(=O)OC(C)(C)C. The molecule has 0 bridgehead atoms. The standard InChI is InChI=1S/C14H28N2O3S/c1-14(2,3)19-13(17)16(8-9-18-4)7-6-15-12-5-10-20-11-12/h12,15H,5-11H2,1-4H3. The van der Waals surface area contributed by atoms with Crippen molar-refractivity contribution < 1.29 is 14.3 Å². The lowest BCUT2D eigenvalue weighted by atomic mass is 10.2. The maximum atomic E-state index is 12.1. The molecular weight excluding hydrogens is 276 g/mol. The van der Waals surface area contributed by atoms with E-state index >= 15 is 0 Å². The Kier molecular flexibility index (Phi) is 7.69. The summed E-state index contributed by atoms with van der Waals surface area (Å²) in [5.74, 6) is 2.40. The van der Waals surface area contributed by atoms with Crippen LogP contribution in [0.2, 0.25) is 0 Å². The molecule has 5 nitrogen and oxygen atoms in total. The number of rotatable bonds is 7. The number of carbonyl (C=O) groups excluding carboxylic acids is 1. The number of nitrogens with zero attached hydrogens (tertiary/aromatic N) is 1. The minimum absolute atomic E-state index is 0.267. The van der Waals surface area contributed by atoms with E-state index in [4.69, 9.17) is 9.47 Å². The highest BCUT2D eigenvalue weighted by Crippen LogP contribution is 2.16. The van der Waals surface area contributed by atoms with E-state index in [1.807, 2.05) is 32.5 Å². The highest BCUT2D eigenvalue weighted by atomic mass is 32.2. The van der Waals surface area contributed by atoms with Crippen molar-refractivity contribution in [3.05, 3.63) is 0 Å². The van der Waals surface area contributed by atoms with Crippen molar-refractivity contribution >= 4 is 17.9 Å². The van der Waals surface area contributed by atoms with Crippen LogP contribution in [0.5, 0.6) is 0 Å². The Hall–Kier alpha value is -0.460. The first-order chi connectivity index (χ1) is 9.42. The molecule has 0 aromatic carbocycles. The number of methoxy groups -OCH3 is 1. The lowest BCUT2D eigenvalue weighted by Gasteiger charge is -2.27. The van der Waals surface area contributed by atoms with Gasteiger partial charge in [-0.15, -0.1) is 0 Å². The van der Waals surface area contributed by atoms with Gasteiger partial charge in [-0.3, -0.25) is 0 Å². The number of ether oxygens (including phenoxy) is 2. The third-order valence-electron chi connectivity index (χ3n) is 2.96. The molecule has 1 heterocycles. The Morgan fingerprint density at radius 3 is 2.70 bits per heavy atom. The first-order valence-electron chi connectivity index (χ1n) is 7.20. The maximum absolute atomic E-state index is 12.1. The summed E-state index contributed by atoms with van der Waals surface area (Å²) in [5, 5.41) is 3.50. The van der Waals surface area contributed by atoms with E-state index in [0.717, 1.165) is 6.54 Å². The Labute approximate surface area is 126 Å². The molecule has 0 aromatic heterocycles. The predicted octanol–water partition coefficient (Wildman–Crippen LogP) is 1.96. The second-order valence-electron chi connectivity index (χ2n) is 5.97. The summed E-state index contributed by atoms with van der Waals surface area (Å²) in [5.41, 5.74) is -0.460. The van der Waals surface area contributed by atoms with Crippen molar-refractivity contribution in [2.45, 2.75) is 38.8 Å². The lowest BCUT2D eigenvalue weighted by molar-refractivity contribution is 0.0203. The number of hydrogen-bond acceptors (Lipinski definition) is 5. The second kappa shape index (κ2) is 8.74. The number of carbonyl (C=O) groups is 1. The number of hydrogen-bond donors (Lipinski definition) is 1. The summed E-state index contributed by atoms with van der Waals surface area (Å²) < 4.78 is 10.5. The summed E-state index contributed by atoms with van der Waals surface area (Å²) in [7, 11) is 1.64. The van der Waals surface area contributed by atoms with Gasteiger partial charge in [0.15, 0.2) is 0 Å². The van der Waals surface area contributed by atoms with Crippen LogP contribution in [0, 0.1) is 0 Å². The van der Waals surface area contributed by atoms with Crippen LogP contribution in [0.1, 0.15) is 27.2 Å². The molecule has 0 aromatic rings. The van der Waals surface area contributed by atoms with E-state index in [1.54, 1.807) is 12.0 Å². The normalized spacial score (nSPS) is 19.1. The summed E-state index contributed by atoms with van der Waals surface area (Å²) >= 11 is 1.98. The van der Waals surface area contributed by atoms with Gasteiger partial charge >= 0.3 is 6.09 Å². The number of thioether (sulfide) groups is 1. The summed E-state index contributed by atoms with van der Waals surface area (Å²) in [6.07, 6.45) is 0.951. The highest BCUT2D eigenvalue weighted by molar-refractivity contribution is 7.99. The molecule has 6 heteroatoms. The van der Waals surface area contributed by atoms with E-state index in [0.29, 0.717) is 25.7 Å². The first-order valence-corrected chi connectivity index (χ1v) is 8.36. The molecule has 1 N–H and O–H groups in total. The molecule has 118 valence electrons. The number of nitrogens with one attached hydrogen (secondary N) is 1. The fourth-order valence-corrected chi connectivity index (χ4v) is 3.11. The van der Waals surface area contributed by atoms with Crippen LogP contribution in [-0.4, -0.2) is 67.5 Å². The Bertz CT molecular complexity index is 289. The molecule has 20 heavy (non-hydrogen) atoms. The molecule has 1 rings (SSSR count). The van der Waals surface area contributed by atoms with Crippen LogP contribution in [0.3, 0.4) is 0 Å². The minimum Gasteiger partial charge on any atom is -0.444 e. The van der Waals surface area contributed by atoms with Crippen molar-refractivity contribution in [1.82, 2.24) is 10.2 Å². The average molecular weight is 304 g/mol. The molecule has 1 amide bonds. The van der Waals surface area contributed by atoms with Crippen LogP contribution < -0.4 is 5.32 Å². The second-order valence-corrected chi connectivity index (χ2v) is 7.12. The molecule has 1 atom stereocenters. The number of amides is 1. The van der Waals surface area contributed by atoms with Gasteiger partial charge in [0.1, 0.15) is 5.60 Å².